The Morgan fingerprint density at radius 2 is 1.58 bits per heavy atom. The van der Waals surface area contributed by atoms with Gasteiger partial charge in [-0.05, 0) is 54.7 Å². The Bertz CT molecular complexity index is 1040. The predicted molar refractivity (Wildman–Crippen MR) is 143 cm³/mol. The van der Waals surface area contributed by atoms with Gasteiger partial charge in [0.2, 0.25) is 5.91 Å². The second kappa shape index (κ2) is 14.4. The Labute approximate surface area is 224 Å². The summed E-state index contributed by atoms with van der Waals surface area (Å²) in [7, 11) is 0. The van der Waals surface area contributed by atoms with Gasteiger partial charge in [-0.25, -0.2) is 4.79 Å². The van der Waals surface area contributed by atoms with Crippen LogP contribution in [0.15, 0.2) is 30.3 Å². The molecule has 38 heavy (non-hydrogen) atoms. The molecule has 3 rings (SSSR count). The van der Waals surface area contributed by atoms with Gasteiger partial charge in [-0.2, -0.15) is 4.80 Å². The molecule has 1 aromatic heterocycles. The molecule has 1 aliphatic rings. The predicted octanol–water partition coefficient (Wildman–Crippen LogP) is 3.10. The van der Waals surface area contributed by atoms with E-state index in [-0.39, 0.29) is 30.8 Å². The summed E-state index contributed by atoms with van der Waals surface area (Å²) in [5, 5.41) is 18.1. The third-order valence-electron chi connectivity index (χ3n) is 6.32. The van der Waals surface area contributed by atoms with Gasteiger partial charge in [-0.3, -0.25) is 9.59 Å². The summed E-state index contributed by atoms with van der Waals surface area (Å²) in [6.45, 7) is 9.65. The molecule has 1 aliphatic heterocycles. The molecule has 0 unspecified atom stereocenters. The van der Waals surface area contributed by atoms with Gasteiger partial charge in [-0.15, -0.1) is 5.10 Å². The Kier molecular flexibility index (Phi) is 11.0. The molecule has 1 aromatic carbocycles. The molecule has 2 heterocycles. The van der Waals surface area contributed by atoms with Crippen LogP contribution in [0.1, 0.15) is 65.4 Å². The zero-order valence-electron chi connectivity index (χ0n) is 22.9. The number of benzene rings is 1. The number of amides is 2. The van der Waals surface area contributed by atoms with E-state index in [9.17, 15) is 14.4 Å². The minimum atomic E-state index is -0.837. The lowest BCUT2D eigenvalue weighted by Crippen LogP contribution is -2.52. The fourth-order valence-corrected chi connectivity index (χ4v) is 4.40. The highest BCUT2D eigenvalue weighted by atomic mass is 16.5. The summed E-state index contributed by atoms with van der Waals surface area (Å²) >= 11 is 0. The third-order valence-corrected chi connectivity index (χ3v) is 6.32. The van der Waals surface area contributed by atoms with E-state index in [1.54, 1.807) is 0 Å². The topological polar surface area (TPSA) is 131 Å². The first-order chi connectivity index (χ1) is 18.2. The monoisotopic (exact) mass is 527 g/mol. The second-order valence-corrected chi connectivity index (χ2v) is 10.7. The highest BCUT2D eigenvalue weighted by molar-refractivity contribution is 5.92. The van der Waals surface area contributed by atoms with E-state index in [4.69, 9.17) is 4.74 Å². The molecule has 0 saturated carbocycles. The maximum Gasteiger partial charge on any atom is 0.408 e. The summed E-state index contributed by atoms with van der Waals surface area (Å²) in [5.74, 6) is 0.174. The van der Waals surface area contributed by atoms with Crippen molar-refractivity contribution in [2.75, 3.05) is 18.0 Å². The van der Waals surface area contributed by atoms with Gasteiger partial charge >= 0.3 is 6.09 Å². The SMILES string of the molecule is CC(C)C[C@H](NC(=O)[C@H](CC(C)C)NC(=O)OCc1ccccc1)C(=O)Cn1nnc(N2CCCCC2)n1. The number of anilines is 1. The largest absolute Gasteiger partial charge is 0.445 e. The molecule has 1 saturated heterocycles. The van der Waals surface area contributed by atoms with Crippen LogP contribution in [0.5, 0.6) is 0 Å². The molecular weight excluding hydrogens is 486 g/mol. The van der Waals surface area contributed by atoms with Crippen molar-refractivity contribution in [2.45, 2.75) is 85.0 Å². The van der Waals surface area contributed by atoms with Crippen LogP contribution in [0.3, 0.4) is 0 Å². The molecule has 0 spiro atoms. The van der Waals surface area contributed by atoms with Crippen molar-refractivity contribution in [2.24, 2.45) is 11.8 Å². The normalized spacial score (nSPS) is 15.3. The molecule has 2 aromatic rings. The Hall–Kier alpha value is -3.50. The van der Waals surface area contributed by atoms with E-state index in [2.05, 4.69) is 30.9 Å². The molecule has 2 atom stereocenters. The van der Waals surface area contributed by atoms with Gasteiger partial charge in [0.05, 0.1) is 6.04 Å². The van der Waals surface area contributed by atoms with Crippen LogP contribution in [0, 0.1) is 11.8 Å². The number of tetrazole rings is 1. The van der Waals surface area contributed by atoms with E-state index in [1.165, 1.54) is 11.2 Å². The lowest BCUT2D eigenvalue weighted by atomic mass is 9.98. The van der Waals surface area contributed by atoms with Crippen LogP contribution in [-0.4, -0.2) is 63.2 Å². The van der Waals surface area contributed by atoms with Crippen LogP contribution < -0.4 is 15.5 Å². The second-order valence-electron chi connectivity index (χ2n) is 10.7. The minimum absolute atomic E-state index is 0.0973. The van der Waals surface area contributed by atoms with Gasteiger partial charge in [0.1, 0.15) is 19.2 Å². The molecule has 208 valence electrons. The number of nitrogens with one attached hydrogen (secondary N) is 2. The number of nitrogens with zero attached hydrogens (tertiary/aromatic N) is 5. The van der Waals surface area contributed by atoms with Crippen molar-refractivity contribution in [3.05, 3.63) is 35.9 Å². The Morgan fingerprint density at radius 1 is 0.921 bits per heavy atom. The number of carbonyl (C=O) groups excluding carboxylic acids is 3. The van der Waals surface area contributed by atoms with Crippen molar-refractivity contribution in [1.29, 1.82) is 0 Å². The maximum absolute atomic E-state index is 13.3. The summed E-state index contributed by atoms with van der Waals surface area (Å²) in [5.41, 5.74) is 0.847. The smallest absolute Gasteiger partial charge is 0.408 e. The van der Waals surface area contributed by atoms with Crippen molar-refractivity contribution in [1.82, 2.24) is 30.8 Å². The number of carbonyl (C=O) groups is 3. The number of ketones is 1. The number of rotatable bonds is 13. The van der Waals surface area contributed by atoms with Gasteiger partial charge in [0, 0.05) is 13.1 Å². The zero-order chi connectivity index (χ0) is 27.5. The molecule has 0 radical (unpaired) electrons. The minimum Gasteiger partial charge on any atom is -0.445 e. The zero-order valence-corrected chi connectivity index (χ0v) is 22.9. The van der Waals surface area contributed by atoms with E-state index >= 15 is 0 Å². The van der Waals surface area contributed by atoms with Crippen molar-refractivity contribution < 1.29 is 19.1 Å². The van der Waals surface area contributed by atoms with Gasteiger partial charge in [-0.1, -0.05) is 63.1 Å². The molecule has 0 aliphatic carbocycles. The van der Waals surface area contributed by atoms with Crippen LogP contribution in [0.2, 0.25) is 0 Å². The highest BCUT2D eigenvalue weighted by Crippen LogP contribution is 2.15. The van der Waals surface area contributed by atoms with Crippen molar-refractivity contribution in [3.63, 3.8) is 0 Å². The average Bonchev–Trinajstić information content (AvgIpc) is 3.35. The summed E-state index contributed by atoms with van der Waals surface area (Å²) in [6, 6.07) is 7.73. The fraction of sp³-hybridized carbons (Fsp3) is 0.630. The van der Waals surface area contributed by atoms with Crippen molar-refractivity contribution >= 4 is 23.7 Å². The van der Waals surface area contributed by atoms with Crippen LogP contribution in [0.25, 0.3) is 0 Å². The van der Waals surface area contributed by atoms with Crippen molar-refractivity contribution in [3.8, 4) is 0 Å². The first-order valence-corrected chi connectivity index (χ1v) is 13.5. The standard InChI is InChI=1S/C27H41N7O4/c1-19(2)15-22(24(35)17-34-31-26(30-32-34)33-13-9-6-10-14-33)28-25(36)23(16-20(3)4)29-27(37)38-18-21-11-7-5-8-12-21/h5,7-8,11-12,19-20,22-23H,6,9-10,13-18H2,1-4H3,(H,28,36)(H,29,37)/t22-,23-/m0/s1. The van der Waals surface area contributed by atoms with Crippen LogP contribution in [-0.2, 0) is 27.5 Å². The van der Waals surface area contributed by atoms with Gasteiger partial charge < -0.3 is 20.3 Å². The maximum atomic E-state index is 13.3. The molecule has 2 amide bonds. The number of hydrogen-bond acceptors (Lipinski definition) is 8. The Balaban J connectivity index is 1.61. The molecular formula is C27H41N7O4. The third kappa shape index (κ3) is 9.42. The van der Waals surface area contributed by atoms with Gasteiger partial charge in [0.15, 0.2) is 5.78 Å². The number of hydrogen-bond donors (Lipinski definition) is 2. The highest BCUT2D eigenvalue weighted by Gasteiger charge is 2.29. The fourth-order valence-electron chi connectivity index (χ4n) is 4.40. The molecule has 1 fully saturated rings. The average molecular weight is 528 g/mol. The number of piperidine rings is 1. The molecule has 0 bridgehead atoms. The number of ether oxygens (including phenoxy) is 1. The summed E-state index contributed by atoms with van der Waals surface area (Å²) in [4.78, 5) is 42.3. The van der Waals surface area contributed by atoms with Crippen LogP contribution >= 0.6 is 0 Å². The van der Waals surface area contributed by atoms with Gasteiger partial charge in [0.25, 0.3) is 5.95 Å². The van der Waals surface area contributed by atoms with E-state index in [0.29, 0.717) is 18.8 Å². The van der Waals surface area contributed by atoms with E-state index in [0.717, 1.165) is 31.5 Å². The lowest BCUT2D eigenvalue weighted by molar-refractivity contribution is -0.130. The molecule has 11 nitrogen and oxygen atoms in total. The first-order valence-electron chi connectivity index (χ1n) is 13.5. The lowest BCUT2D eigenvalue weighted by Gasteiger charge is -2.25. The van der Waals surface area contributed by atoms with Crippen LogP contribution in [0.4, 0.5) is 10.7 Å². The van der Waals surface area contributed by atoms with E-state index in [1.807, 2.05) is 58.0 Å². The Morgan fingerprint density at radius 3 is 2.24 bits per heavy atom. The quantitative estimate of drug-likeness (QED) is 0.406. The summed E-state index contributed by atoms with van der Waals surface area (Å²) < 4.78 is 5.31. The first kappa shape index (κ1) is 29.1. The summed E-state index contributed by atoms with van der Waals surface area (Å²) in [6.07, 6.45) is 3.53. The number of Topliss-reactive ketones (excluding diaryl/α,β-unsaturated/α-hetero) is 1. The van der Waals surface area contributed by atoms with E-state index < -0.39 is 24.1 Å². The molecule has 2 N–H and O–H groups in total. The number of alkyl carbamates (subject to hydrolysis) is 1. The molecule has 11 heteroatoms. The number of aromatic nitrogens is 4.